The van der Waals surface area contributed by atoms with Gasteiger partial charge in [-0.15, -0.1) is 0 Å². The lowest BCUT2D eigenvalue weighted by Gasteiger charge is -2.29. The summed E-state index contributed by atoms with van der Waals surface area (Å²) < 4.78 is 0. The van der Waals surface area contributed by atoms with Crippen LogP contribution in [0.3, 0.4) is 0 Å². The van der Waals surface area contributed by atoms with Gasteiger partial charge in [-0.1, -0.05) is 13.8 Å². The van der Waals surface area contributed by atoms with E-state index in [-0.39, 0.29) is 0 Å². The van der Waals surface area contributed by atoms with E-state index >= 15 is 0 Å². The summed E-state index contributed by atoms with van der Waals surface area (Å²) in [7, 11) is 0. The van der Waals surface area contributed by atoms with Crippen molar-refractivity contribution in [1.29, 1.82) is 0 Å². The zero-order chi connectivity index (χ0) is 9.97. The highest BCUT2D eigenvalue weighted by molar-refractivity contribution is 7.99. The van der Waals surface area contributed by atoms with E-state index in [0.717, 1.165) is 23.9 Å². The van der Waals surface area contributed by atoms with Crippen LogP contribution >= 0.6 is 11.8 Å². The van der Waals surface area contributed by atoms with Crippen molar-refractivity contribution < 1.29 is 0 Å². The monoisotopic (exact) mass is 213 g/mol. The van der Waals surface area contributed by atoms with Gasteiger partial charge in [0, 0.05) is 12.1 Å². The van der Waals surface area contributed by atoms with Crippen LogP contribution in [0, 0.1) is 11.8 Å². The maximum Gasteiger partial charge on any atom is 0.00979 e. The van der Waals surface area contributed by atoms with Gasteiger partial charge in [0.1, 0.15) is 0 Å². The smallest absolute Gasteiger partial charge is 0.00979 e. The fourth-order valence-corrected chi connectivity index (χ4v) is 3.87. The van der Waals surface area contributed by atoms with E-state index in [4.69, 9.17) is 0 Å². The Labute approximate surface area is 92.4 Å². The lowest BCUT2D eigenvalue weighted by atomic mass is 9.97. The first-order chi connectivity index (χ1) is 6.77. The molecular weight excluding hydrogens is 190 g/mol. The quantitative estimate of drug-likeness (QED) is 0.757. The molecule has 1 heterocycles. The molecule has 0 amide bonds. The van der Waals surface area contributed by atoms with Crippen molar-refractivity contribution in [3.63, 3.8) is 0 Å². The molecule has 3 unspecified atom stereocenters. The number of hydrogen-bond acceptors (Lipinski definition) is 2. The Morgan fingerprint density at radius 2 is 1.71 bits per heavy atom. The number of thioether (sulfide) groups is 1. The van der Waals surface area contributed by atoms with Gasteiger partial charge in [-0.2, -0.15) is 11.8 Å². The molecule has 3 atom stereocenters. The van der Waals surface area contributed by atoms with Crippen LogP contribution < -0.4 is 5.32 Å². The molecule has 1 N–H and O–H groups in total. The Kier molecular flexibility index (Phi) is 3.78. The van der Waals surface area contributed by atoms with Gasteiger partial charge in [-0.3, -0.25) is 0 Å². The summed E-state index contributed by atoms with van der Waals surface area (Å²) in [5, 5.41) is 3.88. The zero-order valence-electron chi connectivity index (χ0n) is 9.46. The summed E-state index contributed by atoms with van der Waals surface area (Å²) in [6.07, 6.45) is 5.62. The molecule has 1 aliphatic carbocycles. The minimum absolute atomic E-state index is 0.818. The van der Waals surface area contributed by atoms with Crippen LogP contribution in [0.1, 0.15) is 39.5 Å². The van der Waals surface area contributed by atoms with Crippen LogP contribution in [0.15, 0.2) is 0 Å². The topological polar surface area (TPSA) is 12.0 Å². The van der Waals surface area contributed by atoms with E-state index in [0.29, 0.717) is 0 Å². The van der Waals surface area contributed by atoms with Crippen molar-refractivity contribution in [2.45, 2.75) is 51.6 Å². The third-order valence-corrected chi connectivity index (χ3v) is 5.19. The van der Waals surface area contributed by atoms with Gasteiger partial charge in [0.15, 0.2) is 0 Å². The summed E-state index contributed by atoms with van der Waals surface area (Å²) in [5.74, 6) is 4.57. The third kappa shape index (κ3) is 2.46. The van der Waals surface area contributed by atoms with Gasteiger partial charge in [0.25, 0.3) is 0 Å². The predicted molar refractivity (Wildman–Crippen MR) is 64.8 cm³/mol. The van der Waals surface area contributed by atoms with Crippen LogP contribution in [0.2, 0.25) is 0 Å². The van der Waals surface area contributed by atoms with Crippen molar-refractivity contribution in [1.82, 2.24) is 5.32 Å². The average Bonchev–Trinajstić information content (AvgIpc) is 2.52. The minimum Gasteiger partial charge on any atom is -0.311 e. The summed E-state index contributed by atoms with van der Waals surface area (Å²) in [6.45, 7) is 4.83. The molecule has 2 aliphatic rings. The molecule has 2 rings (SSSR count). The largest absolute Gasteiger partial charge is 0.311 e. The summed E-state index contributed by atoms with van der Waals surface area (Å²) in [6, 6.07) is 1.65. The second kappa shape index (κ2) is 4.89. The first-order valence-corrected chi connectivity index (χ1v) is 7.26. The SMILES string of the molecule is CC1CCC(NC2CCSCC2)C1C. The molecule has 1 aliphatic heterocycles. The average molecular weight is 213 g/mol. The minimum atomic E-state index is 0.818. The van der Waals surface area contributed by atoms with E-state index in [1.54, 1.807) is 0 Å². The zero-order valence-corrected chi connectivity index (χ0v) is 10.3. The molecule has 2 fully saturated rings. The first-order valence-electron chi connectivity index (χ1n) is 6.11. The lowest BCUT2D eigenvalue weighted by Crippen LogP contribution is -2.42. The van der Waals surface area contributed by atoms with E-state index in [9.17, 15) is 0 Å². The number of nitrogens with one attached hydrogen (secondary N) is 1. The maximum absolute atomic E-state index is 3.88. The van der Waals surface area contributed by atoms with E-state index in [1.807, 2.05) is 0 Å². The van der Waals surface area contributed by atoms with Crippen LogP contribution in [-0.2, 0) is 0 Å². The van der Waals surface area contributed by atoms with Crippen molar-refractivity contribution in [2.75, 3.05) is 11.5 Å². The van der Waals surface area contributed by atoms with Crippen LogP contribution in [0.4, 0.5) is 0 Å². The molecule has 0 aromatic carbocycles. The number of hydrogen-bond donors (Lipinski definition) is 1. The molecule has 1 nitrogen and oxygen atoms in total. The molecule has 14 heavy (non-hydrogen) atoms. The highest BCUT2D eigenvalue weighted by Crippen LogP contribution is 2.32. The van der Waals surface area contributed by atoms with Crippen molar-refractivity contribution in [3.8, 4) is 0 Å². The van der Waals surface area contributed by atoms with Gasteiger partial charge in [-0.05, 0) is 49.0 Å². The lowest BCUT2D eigenvalue weighted by molar-refractivity contribution is 0.328. The van der Waals surface area contributed by atoms with Crippen molar-refractivity contribution >= 4 is 11.8 Å². The van der Waals surface area contributed by atoms with Gasteiger partial charge in [0.05, 0.1) is 0 Å². The highest BCUT2D eigenvalue weighted by atomic mass is 32.2. The molecule has 0 aromatic heterocycles. The molecule has 0 bridgehead atoms. The Morgan fingerprint density at radius 3 is 2.29 bits per heavy atom. The van der Waals surface area contributed by atoms with E-state index < -0.39 is 0 Å². The Balaban J connectivity index is 1.79. The fourth-order valence-electron chi connectivity index (χ4n) is 2.77. The standard InChI is InChI=1S/C12H23NS/c1-9-3-4-12(10(9)2)13-11-5-7-14-8-6-11/h9-13H,3-8H2,1-2H3. The van der Waals surface area contributed by atoms with Gasteiger partial charge < -0.3 is 5.32 Å². The highest BCUT2D eigenvalue weighted by Gasteiger charge is 2.31. The van der Waals surface area contributed by atoms with Crippen molar-refractivity contribution in [2.24, 2.45) is 11.8 Å². The van der Waals surface area contributed by atoms with Gasteiger partial charge >= 0.3 is 0 Å². The molecule has 2 heteroatoms. The molecule has 1 saturated carbocycles. The van der Waals surface area contributed by atoms with Crippen LogP contribution in [0.25, 0.3) is 0 Å². The molecule has 1 saturated heterocycles. The maximum atomic E-state index is 3.88. The third-order valence-electron chi connectivity index (χ3n) is 4.14. The van der Waals surface area contributed by atoms with Gasteiger partial charge in [-0.25, -0.2) is 0 Å². The van der Waals surface area contributed by atoms with Gasteiger partial charge in [0.2, 0.25) is 0 Å². The Hall–Kier alpha value is 0.310. The van der Waals surface area contributed by atoms with Crippen LogP contribution in [0.5, 0.6) is 0 Å². The fraction of sp³-hybridized carbons (Fsp3) is 1.00. The molecule has 0 spiro atoms. The summed E-state index contributed by atoms with van der Waals surface area (Å²) in [5.41, 5.74) is 0. The summed E-state index contributed by atoms with van der Waals surface area (Å²) in [4.78, 5) is 0. The molecule has 82 valence electrons. The van der Waals surface area contributed by atoms with E-state index in [1.165, 1.54) is 37.2 Å². The second-order valence-corrected chi connectivity index (χ2v) is 6.30. The second-order valence-electron chi connectivity index (χ2n) is 5.07. The predicted octanol–water partition coefficient (Wildman–Crippen LogP) is 2.91. The molecule has 0 radical (unpaired) electrons. The summed E-state index contributed by atoms with van der Waals surface area (Å²) >= 11 is 2.12. The Bertz CT molecular complexity index is 177. The number of rotatable bonds is 2. The Morgan fingerprint density at radius 1 is 1.00 bits per heavy atom. The van der Waals surface area contributed by atoms with Crippen LogP contribution in [-0.4, -0.2) is 23.6 Å². The van der Waals surface area contributed by atoms with Crippen molar-refractivity contribution in [3.05, 3.63) is 0 Å². The molecular formula is C12H23NS. The first kappa shape index (κ1) is 10.8. The van der Waals surface area contributed by atoms with E-state index in [2.05, 4.69) is 30.9 Å². The molecule has 0 aromatic rings. The normalized spacial score (nSPS) is 40.3.